The molecule has 0 bridgehead atoms. The quantitative estimate of drug-likeness (QED) is 0.837. The highest BCUT2D eigenvalue weighted by molar-refractivity contribution is 9.10. The summed E-state index contributed by atoms with van der Waals surface area (Å²) in [6.45, 7) is 0. The molecule has 13 heavy (non-hydrogen) atoms. The first-order valence-corrected chi connectivity index (χ1v) is 3.82. The molecule has 1 N–H and O–H groups in total. The van der Waals surface area contributed by atoms with Gasteiger partial charge in [0.2, 0.25) is 5.56 Å². The van der Waals surface area contributed by atoms with Crippen molar-refractivity contribution in [1.82, 2.24) is 4.98 Å². The van der Waals surface area contributed by atoms with E-state index in [4.69, 9.17) is 0 Å². The van der Waals surface area contributed by atoms with Gasteiger partial charge >= 0.3 is 6.36 Å². The molecule has 0 fully saturated rings. The van der Waals surface area contributed by atoms with Crippen LogP contribution in [-0.4, -0.2) is 11.3 Å². The van der Waals surface area contributed by atoms with Gasteiger partial charge in [-0.05, 0) is 15.9 Å². The lowest BCUT2D eigenvalue weighted by atomic mass is 10.5. The minimum atomic E-state index is -4.76. The number of pyridine rings is 1. The van der Waals surface area contributed by atoms with Gasteiger partial charge in [-0.2, -0.15) is 0 Å². The summed E-state index contributed by atoms with van der Waals surface area (Å²) in [5, 5.41) is 0. The normalized spacial score (nSPS) is 11.4. The lowest BCUT2D eigenvalue weighted by molar-refractivity contribution is -0.275. The number of nitrogens with one attached hydrogen (secondary N) is 1. The molecule has 1 aromatic heterocycles. The van der Waals surface area contributed by atoms with Gasteiger partial charge in [0.1, 0.15) is 0 Å². The Labute approximate surface area is 78.7 Å². The molecule has 0 amide bonds. The molecule has 0 aliphatic carbocycles. The van der Waals surface area contributed by atoms with Gasteiger partial charge in [0, 0.05) is 12.3 Å². The molecule has 0 aromatic carbocycles. The summed E-state index contributed by atoms with van der Waals surface area (Å²) in [5.74, 6) is -0.480. The number of alkyl halides is 3. The zero-order chi connectivity index (χ0) is 10.1. The fraction of sp³-hybridized carbons (Fsp3) is 0.167. The van der Waals surface area contributed by atoms with Crippen molar-refractivity contribution >= 4 is 15.9 Å². The van der Waals surface area contributed by atoms with Gasteiger partial charge < -0.3 is 9.72 Å². The van der Waals surface area contributed by atoms with Gasteiger partial charge in [-0.1, -0.05) is 0 Å². The van der Waals surface area contributed by atoms with E-state index < -0.39 is 17.7 Å². The van der Waals surface area contributed by atoms with Gasteiger partial charge in [0.05, 0.1) is 4.47 Å². The number of halogens is 4. The van der Waals surface area contributed by atoms with Crippen molar-refractivity contribution in [3.05, 3.63) is 27.1 Å². The third-order valence-corrected chi connectivity index (χ3v) is 1.68. The van der Waals surface area contributed by atoms with Crippen LogP contribution in [-0.2, 0) is 0 Å². The molecule has 1 heterocycles. The van der Waals surface area contributed by atoms with E-state index in [9.17, 15) is 18.0 Å². The number of aromatic nitrogens is 1. The summed E-state index contributed by atoms with van der Waals surface area (Å²) in [6.07, 6.45) is -3.93. The Balaban J connectivity index is 2.97. The summed E-state index contributed by atoms with van der Waals surface area (Å²) in [6, 6.07) is 0.946. The largest absolute Gasteiger partial charge is 0.573 e. The molecule has 0 aliphatic rings. The molecule has 0 atom stereocenters. The van der Waals surface area contributed by atoms with Gasteiger partial charge in [-0.25, -0.2) is 0 Å². The molecule has 0 spiro atoms. The average Bonchev–Trinajstić information content (AvgIpc) is 1.93. The van der Waals surface area contributed by atoms with Crippen LogP contribution in [0.4, 0.5) is 13.2 Å². The van der Waals surface area contributed by atoms with Crippen LogP contribution in [0.2, 0.25) is 0 Å². The van der Waals surface area contributed by atoms with E-state index in [2.05, 4.69) is 25.7 Å². The van der Waals surface area contributed by atoms with Crippen LogP contribution in [0.1, 0.15) is 0 Å². The molecule has 0 saturated carbocycles. The smallest absolute Gasteiger partial charge is 0.403 e. The topological polar surface area (TPSA) is 42.1 Å². The van der Waals surface area contributed by atoms with Crippen molar-refractivity contribution in [3.8, 4) is 5.75 Å². The maximum atomic E-state index is 11.7. The summed E-state index contributed by atoms with van der Waals surface area (Å²) >= 11 is 2.75. The monoisotopic (exact) mass is 257 g/mol. The molecule has 0 aliphatic heterocycles. The van der Waals surface area contributed by atoms with Crippen LogP contribution < -0.4 is 10.3 Å². The van der Waals surface area contributed by atoms with Gasteiger partial charge in [0.15, 0.2) is 5.75 Å². The first kappa shape index (κ1) is 10.1. The molecule has 0 unspecified atom stereocenters. The number of H-pyrrole nitrogens is 1. The van der Waals surface area contributed by atoms with E-state index in [1.54, 1.807) is 0 Å². The Morgan fingerprint density at radius 3 is 2.54 bits per heavy atom. The first-order valence-electron chi connectivity index (χ1n) is 3.02. The van der Waals surface area contributed by atoms with E-state index in [1.165, 1.54) is 0 Å². The maximum Gasteiger partial charge on any atom is 0.573 e. The lowest BCUT2D eigenvalue weighted by Gasteiger charge is -2.09. The highest BCUT2D eigenvalue weighted by Crippen LogP contribution is 2.27. The molecule has 1 rings (SSSR count). The molecule has 7 heteroatoms. The summed E-state index contributed by atoms with van der Waals surface area (Å²) < 4.78 is 38.6. The van der Waals surface area contributed by atoms with Crippen molar-refractivity contribution in [2.75, 3.05) is 0 Å². The Morgan fingerprint density at radius 2 is 2.08 bits per heavy atom. The SMILES string of the molecule is O=c1cc(Br)c(OC(F)(F)F)c[nH]1. The molecule has 1 aromatic rings. The molecular weight excluding hydrogens is 255 g/mol. The van der Waals surface area contributed by atoms with Crippen LogP contribution in [0.5, 0.6) is 5.75 Å². The Hall–Kier alpha value is -0.980. The fourth-order valence-electron chi connectivity index (χ4n) is 0.636. The number of aromatic amines is 1. The van der Waals surface area contributed by atoms with E-state index in [0.29, 0.717) is 0 Å². The van der Waals surface area contributed by atoms with E-state index >= 15 is 0 Å². The predicted molar refractivity (Wildman–Crippen MR) is 41.4 cm³/mol. The molecular formula is C6H3BrF3NO2. The predicted octanol–water partition coefficient (Wildman–Crippen LogP) is 2.04. The lowest BCUT2D eigenvalue weighted by Crippen LogP contribution is -2.18. The van der Waals surface area contributed by atoms with Crippen molar-refractivity contribution in [2.24, 2.45) is 0 Å². The minimum absolute atomic E-state index is 0.0476. The number of ether oxygens (including phenoxy) is 1. The number of hydrogen-bond donors (Lipinski definition) is 1. The van der Waals surface area contributed by atoms with E-state index in [-0.39, 0.29) is 4.47 Å². The van der Waals surface area contributed by atoms with Gasteiger partial charge in [-0.15, -0.1) is 13.2 Å². The second kappa shape index (κ2) is 3.41. The van der Waals surface area contributed by atoms with Crippen molar-refractivity contribution in [1.29, 1.82) is 0 Å². The third kappa shape index (κ3) is 3.10. The van der Waals surface area contributed by atoms with Crippen molar-refractivity contribution in [2.45, 2.75) is 6.36 Å². The zero-order valence-corrected chi connectivity index (χ0v) is 7.57. The Kier molecular flexibility index (Phi) is 2.65. The van der Waals surface area contributed by atoms with Crippen LogP contribution in [0, 0.1) is 0 Å². The van der Waals surface area contributed by atoms with Crippen molar-refractivity contribution < 1.29 is 17.9 Å². The summed E-state index contributed by atoms with van der Waals surface area (Å²) in [5.41, 5.74) is -0.513. The van der Waals surface area contributed by atoms with Gasteiger partial charge in [0.25, 0.3) is 0 Å². The van der Waals surface area contributed by atoms with Gasteiger partial charge in [-0.3, -0.25) is 4.79 Å². The summed E-state index contributed by atoms with van der Waals surface area (Å²) in [7, 11) is 0. The first-order chi connectivity index (χ1) is 5.88. The average molecular weight is 258 g/mol. The van der Waals surface area contributed by atoms with Crippen LogP contribution in [0.15, 0.2) is 21.5 Å². The van der Waals surface area contributed by atoms with E-state index in [1.807, 2.05) is 0 Å². The third-order valence-electron chi connectivity index (χ3n) is 1.06. The minimum Gasteiger partial charge on any atom is -0.403 e. The standard InChI is InChI=1S/C6H3BrF3NO2/c7-3-1-5(12)11-2-4(3)13-6(8,9)10/h1-2H,(H,11,12). The molecule has 72 valence electrons. The molecule has 0 radical (unpaired) electrons. The number of rotatable bonds is 1. The second-order valence-electron chi connectivity index (χ2n) is 2.06. The van der Waals surface area contributed by atoms with E-state index in [0.717, 1.165) is 12.3 Å². The maximum absolute atomic E-state index is 11.7. The second-order valence-corrected chi connectivity index (χ2v) is 2.91. The molecule has 3 nitrogen and oxygen atoms in total. The van der Waals surface area contributed by atoms with Crippen LogP contribution >= 0.6 is 15.9 Å². The highest BCUT2D eigenvalue weighted by atomic mass is 79.9. The Morgan fingerprint density at radius 1 is 1.46 bits per heavy atom. The van der Waals surface area contributed by atoms with Crippen LogP contribution in [0.3, 0.4) is 0 Å². The van der Waals surface area contributed by atoms with Crippen molar-refractivity contribution in [3.63, 3.8) is 0 Å². The van der Waals surface area contributed by atoms with Crippen LogP contribution in [0.25, 0.3) is 0 Å². The highest BCUT2D eigenvalue weighted by Gasteiger charge is 2.32. The fourth-order valence-corrected chi connectivity index (χ4v) is 1.04. The molecule has 0 saturated heterocycles. The zero-order valence-electron chi connectivity index (χ0n) is 5.98. The summed E-state index contributed by atoms with van der Waals surface area (Å²) in [4.78, 5) is 12.6. The number of hydrogen-bond acceptors (Lipinski definition) is 2. The Bertz CT molecular complexity index is 360.